The smallest absolute Gasteiger partial charge is 0.255 e. The van der Waals surface area contributed by atoms with Crippen molar-refractivity contribution >= 4 is 34.9 Å². The third kappa shape index (κ3) is 3.24. The second-order valence-corrected chi connectivity index (χ2v) is 9.21. The second kappa shape index (κ2) is 8.20. The Labute approximate surface area is 210 Å². The van der Waals surface area contributed by atoms with Crippen LogP contribution in [-0.4, -0.2) is 54.7 Å². The zero-order chi connectivity index (χ0) is 26.8. The van der Waals surface area contributed by atoms with E-state index in [1.165, 1.54) is 12.1 Å². The van der Waals surface area contributed by atoms with Crippen molar-refractivity contribution in [2.24, 2.45) is 17.6 Å². The number of aliphatic hydroxyl groups excluding tert-OH is 3. The molecule has 0 aromatic heterocycles. The number of ketones is 2. The fraction of sp³-hybridized carbons (Fsp3) is 0.179. The molecule has 0 bridgehead atoms. The number of benzene rings is 2. The van der Waals surface area contributed by atoms with Gasteiger partial charge in [-0.05, 0) is 34.9 Å². The first kappa shape index (κ1) is 24.1. The summed E-state index contributed by atoms with van der Waals surface area (Å²) in [5, 5.41) is 55.4. The first-order chi connectivity index (χ1) is 17.5. The van der Waals surface area contributed by atoms with E-state index in [9.17, 15) is 39.9 Å². The van der Waals surface area contributed by atoms with E-state index in [0.717, 1.165) is 0 Å². The summed E-state index contributed by atoms with van der Waals surface area (Å²) in [7, 11) is 0. The molecule has 1 fully saturated rings. The number of phenols is 1. The highest BCUT2D eigenvalue weighted by Gasteiger charge is 2.64. The molecule has 9 nitrogen and oxygen atoms in total. The highest BCUT2D eigenvalue weighted by Crippen LogP contribution is 2.55. The van der Waals surface area contributed by atoms with E-state index in [-0.39, 0.29) is 11.3 Å². The van der Waals surface area contributed by atoms with Gasteiger partial charge < -0.3 is 31.3 Å². The molecule has 3 aliphatic carbocycles. The third-order valence-electron chi connectivity index (χ3n) is 7.30. The summed E-state index contributed by atoms with van der Waals surface area (Å²) in [6.07, 6.45) is 4.72. The summed E-state index contributed by atoms with van der Waals surface area (Å²) in [6.45, 7) is 0. The quantitative estimate of drug-likeness (QED) is 0.265. The lowest BCUT2D eigenvalue weighted by atomic mass is 9.56. The Balaban J connectivity index is 1.80. The number of phenolic OH excluding ortho intramolecular Hbond substituents is 1. The van der Waals surface area contributed by atoms with Crippen LogP contribution < -0.4 is 5.73 Å². The number of hydrogen-bond donors (Lipinski definition) is 6. The number of Topliss-reactive ketones (excluding diaryl/α,β-unsaturated/α-hetero) is 2. The Morgan fingerprint density at radius 1 is 1.11 bits per heavy atom. The molecule has 0 saturated heterocycles. The standard InChI is InChI=1S/C28H21NO8/c1-2-12-6-8-13(9-7-12)10-15-14-4-3-5-17(30)19(14)24(33)22-20(15)23(32)16-11-18(31)21(27(29)36)25(34)28(16,37)26(22)35/h1,3-10,16,20,23,30,32-34,37H,11H2,(H2,29,36)/b15-10+/t16-,20-,23-,28-/m1/s1. The zero-order valence-electron chi connectivity index (χ0n) is 19.2. The Bertz CT molecular complexity index is 1540. The van der Waals surface area contributed by atoms with Crippen molar-refractivity contribution in [1.29, 1.82) is 0 Å². The van der Waals surface area contributed by atoms with Crippen LogP contribution in [0.25, 0.3) is 17.4 Å². The van der Waals surface area contributed by atoms with Crippen molar-refractivity contribution in [1.82, 2.24) is 0 Å². The van der Waals surface area contributed by atoms with E-state index in [2.05, 4.69) is 5.92 Å². The van der Waals surface area contributed by atoms with E-state index in [1.807, 2.05) is 0 Å². The molecule has 0 unspecified atom stereocenters. The summed E-state index contributed by atoms with van der Waals surface area (Å²) < 4.78 is 0. The Kier molecular flexibility index (Phi) is 5.33. The number of primary amides is 1. The van der Waals surface area contributed by atoms with Crippen LogP contribution in [0.3, 0.4) is 0 Å². The first-order valence-electron chi connectivity index (χ1n) is 11.3. The van der Waals surface area contributed by atoms with Gasteiger partial charge in [-0.15, -0.1) is 6.42 Å². The second-order valence-electron chi connectivity index (χ2n) is 9.21. The van der Waals surface area contributed by atoms with Gasteiger partial charge in [0.2, 0.25) is 5.78 Å². The van der Waals surface area contributed by atoms with Crippen molar-refractivity contribution in [3.63, 3.8) is 0 Å². The molecule has 2 aromatic carbocycles. The minimum atomic E-state index is -2.90. The summed E-state index contributed by atoms with van der Waals surface area (Å²) in [5.41, 5.74) is 2.60. The summed E-state index contributed by atoms with van der Waals surface area (Å²) in [5.74, 6) is -6.17. The van der Waals surface area contributed by atoms with Gasteiger partial charge in [-0.3, -0.25) is 14.4 Å². The largest absolute Gasteiger partial charge is 0.508 e. The van der Waals surface area contributed by atoms with Gasteiger partial charge in [-0.25, -0.2) is 0 Å². The van der Waals surface area contributed by atoms with Crippen molar-refractivity contribution in [3.05, 3.63) is 81.6 Å². The van der Waals surface area contributed by atoms with Crippen LogP contribution in [-0.2, 0) is 14.4 Å². The Morgan fingerprint density at radius 2 is 1.78 bits per heavy atom. The van der Waals surface area contributed by atoms with Gasteiger partial charge in [-0.1, -0.05) is 36.3 Å². The number of fused-ring (bicyclic) bond motifs is 3. The molecule has 2 aromatic rings. The van der Waals surface area contributed by atoms with Gasteiger partial charge in [-0.2, -0.15) is 0 Å². The summed E-state index contributed by atoms with van der Waals surface area (Å²) >= 11 is 0. The van der Waals surface area contributed by atoms with Crippen LogP contribution in [0.1, 0.15) is 28.7 Å². The van der Waals surface area contributed by atoms with Crippen molar-refractivity contribution in [2.75, 3.05) is 0 Å². The van der Waals surface area contributed by atoms with E-state index in [0.29, 0.717) is 22.3 Å². The monoisotopic (exact) mass is 499 g/mol. The number of aliphatic hydroxyl groups is 4. The Hall–Kier alpha value is -4.65. The molecule has 4 atom stereocenters. The van der Waals surface area contributed by atoms with E-state index in [4.69, 9.17) is 12.2 Å². The summed E-state index contributed by atoms with van der Waals surface area (Å²) in [6, 6.07) is 11.2. The van der Waals surface area contributed by atoms with Crippen LogP contribution in [0.5, 0.6) is 5.75 Å². The average Bonchev–Trinajstić information content (AvgIpc) is 2.86. The number of amides is 1. The van der Waals surface area contributed by atoms with Gasteiger partial charge in [0.05, 0.1) is 17.2 Å². The number of terminal acetylenes is 1. The van der Waals surface area contributed by atoms with E-state index in [1.54, 1.807) is 36.4 Å². The van der Waals surface area contributed by atoms with Gasteiger partial charge in [0, 0.05) is 23.8 Å². The lowest BCUT2D eigenvalue weighted by Crippen LogP contribution is -2.63. The predicted octanol–water partition coefficient (Wildman–Crippen LogP) is 1.37. The van der Waals surface area contributed by atoms with Crippen molar-refractivity contribution in [2.45, 2.75) is 18.1 Å². The lowest BCUT2D eigenvalue weighted by Gasteiger charge is -2.49. The van der Waals surface area contributed by atoms with Crippen molar-refractivity contribution < 1.29 is 39.9 Å². The van der Waals surface area contributed by atoms with Crippen LogP contribution in [0.4, 0.5) is 0 Å². The number of nitrogens with two attached hydrogens (primary N) is 1. The van der Waals surface area contributed by atoms with Crippen LogP contribution >= 0.6 is 0 Å². The maximum Gasteiger partial charge on any atom is 0.255 e. The van der Waals surface area contributed by atoms with Gasteiger partial charge in [0.15, 0.2) is 11.4 Å². The van der Waals surface area contributed by atoms with E-state index < -0.39 is 70.1 Å². The van der Waals surface area contributed by atoms with Crippen LogP contribution in [0.15, 0.2) is 59.4 Å². The minimum Gasteiger partial charge on any atom is -0.508 e. The molecule has 0 radical (unpaired) electrons. The lowest BCUT2D eigenvalue weighted by molar-refractivity contribution is -0.157. The molecule has 9 heteroatoms. The fourth-order valence-electron chi connectivity index (χ4n) is 5.54. The molecule has 1 amide bonds. The van der Waals surface area contributed by atoms with Crippen LogP contribution in [0.2, 0.25) is 0 Å². The SMILES string of the molecule is C#Cc1ccc(/C=C2\c3cccc(O)c3C(O)=C3C(=O)[C@]4(O)C(O)=C(C(N)=O)C(=O)C[C@@H]4[C@@H](O)[C@@H]32)cc1. The number of aromatic hydroxyl groups is 1. The normalized spacial score (nSPS) is 27.9. The number of carbonyl (C=O) groups is 3. The third-order valence-corrected chi connectivity index (χ3v) is 7.30. The maximum absolute atomic E-state index is 13.8. The molecule has 7 N–H and O–H groups in total. The van der Waals surface area contributed by atoms with Gasteiger partial charge in [0.25, 0.3) is 5.91 Å². The topological polar surface area (TPSA) is 178 Å². The molecule has 1 saturated carbocycles. The first-order valence-corrected chi connectivity index (χ1v) is 11.3. The number of carbonyl (C=O) groups excluding carboxylic acids is 3. The minimum absolute atomic E-state index is 0.117. The van der Waals surface area contributed by atoms with Crippen molar-refractivity contribution in [3.8, 4) is 18.1 Å². The van der Waals surface area contributed by atoms with Gasteiger partial charge in [0.1, 0.15) is 22.8 Å². The summed E-state index contributed by atoms with van der Waals surface area (Å²) in [4.78, 5) is 38.2. The number of hydrogen-bond acceptors (Lipinski definition) is 8. The molecule has 5 rings (SSSR count). The predicted molar refractivity (Wildman–Crippen MR) is 131 cm³/mol. The van der Waals surface area contributed by atoms with Gasteiger partial charge >= 0.3 is 0 Å². The molecule has 186 valence electrons. The van der Waals surface area contributed by atoms with Crippen LogP contribution in [0, 0.1) is 24.2 Å². The molecule has 0 spiro atoms. The zero-order valence-corrected chi connectivity index (χ0v) is 19.2. The highest BCUT2D eigenvalue weighted by molar-refractivity contribution is 6.23. The van der Waals surface area contributed by atoms with E-state index >= 15 is 0 Å². The Morgan fingerprint density at radius 3 is 2.41 bits per heavy atom. The molecule has 0 heterocycles. The number of rotatable bonds is 2. The fourth-order valence-corrected chi connectivity index (χ4v) is 5.54. The highest BCUT2D eigenvalue weighted by atomic mass is 16.4. The molecule has 3 aliphatic rings. The molecular weight excluding hydrogens is 478 g/mol. The molecular formula is C28H21NO8. The average molecular weight is 499 g/mol. The maximum atomic E-state index is 13.8. The molecule has 37 heavy (non-hydrogen) atoms. The molecule has 0 aliphatic heterocycles.